The molecule has 1 aromatic rings. The van der Waals surface area contributed by atoms with E-state index in [1.165, 1.54) is 11.3 Å². The van der Waals surface area contributed by atoms with E-state index in [0.717, 1.165) is 16.5 Å². The minimum absolute atomic E-state index is 0.234. The van der Waals surface area contributed by atoms with Gasteiger partial charge in [0.2, 0.25) is 5.13 Å². The van der Waals surface area contributed by atoms with Crippen molar-refractivity contribution in [2.45, 2.75) is 24.1 Å². The first-order valence-corrected chi connectivity index (χ1v) is 5.70. The third-order valence-corrected chi connectivity index (χ3v) is 3.29. The first kappa shape index (κ1) is 10.5. The van der Waals surface area contributed by atoms with Crippen LogP contribution in [0.25, 0.3) is 0 Å². The molecule has 0 spiro atoms. The summed E-state index contributed by atoms with van der Waals surface area (Å²) in [4.78, 5) is 10.6. The molecule has 1 aromatic heterocycles. The maximum Gasteiger partial charge on any atom is 0.203 e. The van der Waals surface area contributed by atoms with Gasteiger partial charge in [0.05, 0.1) is 0 Å². The summed E-state index contributed by atoms with van der Waals surface area (Å²) in [7, 11) is 0. The van der Waals surface area contributed by atoms with E-state index in [9.17, 15) is 4.79 Å². The Labute approximate surface area is 84.9 Å². The summed E-state index contributed by atoms with van der Waals surface area (Å²) >= 11 is 2.98. The van der Waals surface area contributed by atoms with E-state index in [4.69, 9.17) is 5.73 Å². The smallest absolute Gasteiger partial charge is 0.203 e. The van der Waals surface area contributed by atoms with Gasteiger partial charge in [0.1, 0.15) is 5.78 Å². The van der Waals surface area contributed by atoms with Gasteiger partial charge in [-0.25, -0.2) is 0 Å². The zero-order valence-electron chi connectivity index (χ0n) is 7.32. The number of nitrogens with two attached hydrogens (primary N) is 1. The first-order chi connectivity index (χ1) is 6.18. The number of carbonyl (C=O) groups excluding carboxylic acids is 1. The summed E-state index contributed by atoms with van der Waals surface area (Å²) in [6, 6.07) is 0. The van der Waals surface area contributed by atoms with E-state index >= 15 is 0 Å². The van der Waals surface area contributed by atoms with Crippen molar-refractivity contribution in [2.24, 2.45) is 0 Å². The second-order valence-corrected chi connectivity index (χ2v) is 4.91. The van der Waals surface area contributed by atoms with Crippen LogP contribution in [-0.4, -0.2) is 21.7 Å². The fraction of sp³-hybridized carbons (Fsp3) is 0.571. The molecule has 6 heteroatoms. The molecule has 0 aromatic carbocycles. The third kappa shape index (κ3) is 4.23. The molecule has 1 heterocycles. The fourth-order valence-electron chi connectivity index (χ4n) is 0.759. The minimum atomic E-state index is 0.234. The third-order valence-electron chi connectivity index (χ3n) is 1.32. The van der Waals surface area contributed by atoms with Crippen LogP contribution in [0.4, 0.5) is 5.13 Å². The van der Waals surface area contributed by atoms with E-state index in [1.807, 2.05) is 0 Å². The molecule has 0 atom stereocenters. The van der Waals surface area contributed by atoms with Crippen LogP contribution in [0.3, 0.4) is 0 Å². The number of rotatable bonds is 5. The van der Waals surface area contributed by atoms with Crippen LogP contribution < -0.4 is 5.73 Å². The van der Waals surface area contributed by atoms with Crippen molar-refractivity contribution in [3.63, 3.8) is 0 Å². The summed E-state index contributed by atoms with van der Waals surface area (Å²) < 4.78 is 0.876. The lowest BCUT2D eigenvalue weighted by atomic mass is 10.3. The molecule has 0 fully saturated rings. The second kappa shape index (κ2) is 5.18. The highest BCUT2D eigenvalue weighted by Gasteiger charge is 2.01. The van der Waals surface area contributed by atoms with E-state index in [1.54, 1.807) is 18.7 Å². The molecule has 0 saturated heterocycles. The fourth-order valence-corrected chi connectivity index (χ4v) is 2.41. The van der Waals surface area contributed by atoms with Crippen LogP contribution in [0.5, 0.6) is 0 Å². The Kier molecular flexibility index (Phi) is 4.17. The predicted octanol–water partition coefficient (Wildman–Crippen LogP) is 1.58. The van der Waals surface area contributed by atoms with Crippen LogP contribution in [0, 0.1) is 0 Å². The number of ketones is 1. The molecule has 0 bridgehead atoms. The number of thioether (sulfide) groups is 1. The van der Waals surface area contributed by atoms with Crippen LogP contribution in [0.1, 0.15) is 19.8 Å². The van der Waals surface area contributed by atoms with Crippen LogP contribution in [0.2, 0.25) is 0 Å². The average molecular weight is 217 g/mol. The van der Waals surface area contributed by atoms with Crippen molar-refractivity contribution in [1.29, 1.82) is 0 Å². The van der Waals surface area contributed by atoms with Gasteiger partial charge >= 0.3 is 0 Å². The molecule has 0 saturated carbocycles. The van der Waals surface area contributed by atoms with Crippen molar-refractivity contribution in [1.82, 2.24) is 10.2 Å². The quantitative estimate of drug-likeness (QED) is 0.599. The molecule has 0 aliphatic rings. The molecular formula is C7H11N3OS2. The number of hydrogen-bond donors (Lipinski definition) is 1. The van der Waals surface area contributed by atoms with E-state index < -0.39 is 0 Å². The number of carbonyl (C=O) groups is 1. The predicted molar refractivity (Wildman–Crippen MR) is 55.0 cm³/mol. The topological polar surface area (TPSA) is 68.9 Å². The van der Waals surface area contributed by atoms with Crippen LogP contribution in [0.15, 0.2) is 4.34 Å². The number of aromatic nitrogens is 2. The van der Waals surface area contributed by atoms with E-state index in [-0.39, 0.29) is 5.78 Å². The lowest BCUT2D eigenvalue weighted by Crippen LogP contribution is -1.90. The van der Waals surface area contributed by atoms with Gasteiger partial charge in [0.25, 0.3) is 0 Å². The molecule has 13 heavy (non-hydrogen) atoms. The SMILES string of the molecule is CC(=O)CCCSc1nnc(N)s1. The molecule has 0 unspecified atom stereocenters. The normalized spacial score (nSPS) is 10.2. The highest BCUT2D eigenvalue weighted by Crippen LogP contribution is 2.24. The Morgan fingerprint density at radius 2 is 2.38 bits per heavy atom. The van der Waals surface area contributed by atoms with E-state index in [2.05, 4.69) is 10.2 Å². The molecular weight excluding hydrogens is 206 g/mol. The number of nitrogen functional groups attached to an aromatic ring is 1. The Morgan fingerprint density at radius 1 is 1.62 bits per heavy atom. The Hall–Kier alpha value is -0.620. The maximum atomic E-state index is 10.6. The highest BCUT2D eigenvalue weighted by atomic mass is 32.2. The standard InChI is InChI=1S/C7H11N3OS2/c1-5(11)3-2-4-12-7-10-9-6(8)13-7/h2-4H2,1H3,(H2,8,9). The lowest BCUT2D eigenvalue weighted by Gasteiger charge is -1.93. The van der Waals surface area contributed by atoms with Gasteiger partial charge in [-0.15, -0.1) is 10.2 Å². The van der Waals surface area contributed by atoms with Crippen molar-refractivity contribution in [3.05, 3.63) is 0 Å². The molecule has 72 valence electrons. The molecule has 0 radical (unpaired) electrons. The van der Waals surface area contributed by atoms with Crippen molar-refractivity contribution < 1.29 is 4.79 Å². The lowest BCUT2D eigenvalue weighted by molar-refractivity contribution is -0.117. The largest absolute Gasteiger partial charge is 0.374 e. The average Bonchev–Trinajstić information content (AvgIpc) is 2.45. The van der Waals surface area contributed by atoms with Crippen molar-refractivity contribution in [2.75, 3.05) is 11.5 Å². The Balaban J connectivity index is 2.16. The van der Waals surface area contributed by atoms with Crippen LogP contribution >= 0.6 is 23.1 Å². The summed E-state index contributed by atoms with van der Waals surface area (Å²) in [6.07, 6.45) is 1.53. The molecule has 1 rings (SSSR count). The van der Waals surface area contributed by atoms with Gasteiger partial charge in [-0.3, -0.25) is 0 Å². The molecule has 2 N–H and O–H groups in total. The molecule has 4 nitrogen and oxygen atoms in total. The zero-order valence-corrected chi connectivity index (χ0v) is 8.95. The number of nitrogens with zero attached hydrogens (tertiary/aromatic N) is 2. The summed E-state index contributed by atoms with van der Waals surface area (Å²) in [5.41, 5.74) is 5.41. The minimum Gasteiger partial charge on any atom is -0.374 e. The molecule has 0 aliphatic heterocycles. The molecule has 0 amide bonds. The maximum absolute atomic E-state index is 10.6. The van der Waals surface area contributed by atoms with Crippen molar-refractivity contribution >= 4 is 34.0 Å². The van der Waals surface area contributed by atoms with Gasteiger partial charge < -0.3 is 10.5 Å². The Morgan fingerprint density at radius 3 is 2.92 bits per heavy atom. The monoisotopic (exact) mass is 217 g/mol. The Bertz CT molecular complexity index is 287. The summed E-state index contributed by atoms with van der Waals surface area (Å²) in [6.45, 7) is 1.60. The van der Waals surface area contributed by atoms with Gasteiger partial charge in [0.15, 0.2) is 4.34 Å². The number of Topliss-reactive ketones (excluding diaryl/α,β-unsaturated/α-hetero) is 1. The van der Waals surface area contributed by atoms with Gasteiger partial charge in [-0.2, -0.15) is 0 Å². The first-order valence-electron chi connectivity index (χ1n) is 3.89. The number of anilines is 1. The van der Waals surface area contributed by atoms with E-state index in [0.29, 0.717) is 11.6 Å². The van der Waals surface area contributed by atoms with Gasteiger partial charge in [-0.05, 0) is 13.3 Å². The van der Waals surface area contributed by atoms with Gasteiger partial charge in [-0.1, -0.05) is 23.1 Å². The zero-order chi connectivity index (χ0) is 9.68. The van der Waals surface area contributed by atoms with Gasteiger partial charge in [0, 0.05) is 12.2 Å². The van der Waals surface area contributed by atoms with Crippen LogP contribution in [-0.2, 0) is 4.79 Å². The van der Waals surface area contributed by atoms with Crippen molar-refractivity contribution in [3.8, 4) is 0 Å². The highest BCUT2D eigenvalue weighted by molar-refractivity contribution is 8.01. The molecule has 0 aliphatic carbocycles. The summed E-state index contributed by atoms with van der Waals surface area (Å²) in [5, 5.41) is 8.04. The summed E-state index contributed by atoms with van der Waals surface area (Å²) in [5.74, 6) is 1.13. The second-order valence-electron chi connectivity index (χ2n) is 2.56. The number of hydrogen-bond acceptors (Lipinski definition) is 6.